The van der Waals surface area contributed by atoms with Gasteiger partial charge in [0.1, 0.15) is 0 Å². The van der Waals surface area contributed by atoms with Crippen molar-refractivity contribution in [1.82, 2.24) is 5.32 Å². The van der Waals surface area contributed by atoms with Gasteiger partial charge in [-0.15, -0.1) is 6.42 Å². The zero-order chi connectivity index (χ0) is 10.0. The maximum Gasteiger partial charge on any atom is 0.0973 e. The average Bonchev–Trinajstić information content (AvgIpc) is 2.55. The molecule has 0 radical (unpaired) electrons. The molecule has 1 aliphatic rings. The van der Waals surface area contributed by atoms with Crippen molar-refractivity contribution in [3.05, 3.63) is 35.4 Å². The molecule has 14 heavy (non-hydrogen) atoms. The van der Waals surface area contributed by atoms with Crippen LogP contribution in [0, 0.1) is 12.3 Å². The summed E-state index contributed by atoms with van der Waals surface area (Å²) < 4.78 is 0.0563. The van der Waals surface area contributed by atoms with Crippen molar-refractivity contribution in [3.8, 4) is 12.3 Å². The highest BCUT2D eigenvalue weighted by Gasteiger charge is 2.34. The normalized spacial score (nSPS) is 24.3. The second kappa shape index (κ2) is 3.92. The van der Waals surface area contributed by atoms with Crippen molar-refractivity contribution < 1.29 is 0 Å². The van der Waals surface area contributed by atoms with Crippen LogP contribution >= 0.6 is 22.6 Å². The Morgan fingerprint density at radius 3 is 3.07 bits per heavy atom. The second-order valence-corrected chi connectivity index (χ2v) is 5.36. The summed E-state index contributed by atoms with van der Waals surface area (Å²) in [5.74, 6) is 2.63. The number of fused-ring (bicyclic) bond motifs is 1. The number of halogens is 1. The molecule has 0 saturated carbocycles. The van der Waals surface area contributed by atoms with E-state index in [-0.39, 0.29) is 3.55 Å². The lowest BCUT2D eigenvalue weighted by Crippen LogP contribution is -2.34. The number of benzene rings is 1. The summed E-state index contributed by atoms with van der Waals surface area (Å²) in [5.41, 5.74) is 2.85. The molecule has 0 fully saturated rings. The molecule has 2 rings (SSSR count). The second-order valence-electron chi connectivity index (χ2n) is 3.52. The quantitative estimate of drug-likeness (QED) is 0.383. The van der Waals surface area contributed by atoms with E-state index in [1.54, 1.807) is 0 Å². The molecule has 1 aromatic carbocycles. The van der Waals surface area contributed by atoms with Gasteiger partial charge in [-0.1, -0.05) is 52.8 Å². The first kappa shape index (κ1) is 10.0. The van der Waals surface area contributed by atoms with E-state index in [1.165, 1.54) is 11.1 Å². The lowest BCUT2D eigenvalue weighted by Gasteiger charge is -2.23. The largest absolute Gasteiger partial charge is 0.288 e. The first-order valence-electron chi connectivity index (χ1n) is 4.72. The van der Waals surface area contributed by atoms with Crippen molar-refractivity contribution in [2.75, 3.05) is 6.54 Å². The Balaban J connectivity index is 2.29. The third-order valence-electron chi connectivity index (χ3n) is 2.65. The maximum absolute atomic E-state index is 5.27. The van der Waals surface area contributed by atoms with Gasteiger partial charge in [0.25, 0.3) is 0 Å². The van der Waals surface area contributed by atoms with Crippen LogP contribution in [0.3, 0.4) is 0 Å². The van der Waals surface area contributed by atoms with Gasteiger partial charge < -0.3 is 0 Å². The number of hydrogen-bond acceptors (Lipinski definition) is 1. The van der Waals surface area contributed by atoms with Crippen molar-refractivity contribution in [1.29, 1.82) is 0 Å². The first-order valence-corrected chi connectivity index (χ1v) is 5.80. The van der Waals surface area contributed by atoms with Gasteiger partial charge in [-0.05, 0) is 24.0 Å². The molecule has 2 heteroatoms. The Morgan fingerprint density at radius 1 is 1.50 bits per heavy atom. The monoisotopic (exact) mass is 297 g/mol. The molecule has 1 aromatic rings. The zero-order valence-electron chi connectivity index (χ0n) is 7.89. The first-order chi connectivity index (χ1) is 6.76. The van der Waals surface area contributed by atoms with Gasteiger partial charge in [-0.2, -0.15) is 0 Å². The van der Waals surface area contributed by atoms with Crippen LogP contribution in [0.25, 0.3) is 0 Å². The molecule has 1 nitrogen and oxygen atoms in total. The molecule has 1 atom stereocenters. The number of terminal acetylenes is 1. The van der Waals surface area contributed by atoms with Crippen molar-refractivity contribution in [2.24, 2.45) is 0 Å². The molecule has 72 valence electrons. The lowest BCUT2D eigenvalue weighted by molar-refractivity contribution is 0.541. The molecular weight excluding hydrogens is 285 g/mol. The van der Waals surface area contributed by atoms with E-state index in [0.717, 1.165) is 12.8 Å². The van der Waals surface area contributed by atoms with Gasteiger partial charge in [-0.3, -0.25) is 5.32 Å². The smallest absolute Gasteiger partial charge is 0.0973 e. The predicted octanol–water partition coefficient (Wildman–Crippen LogP) is 2.44. The molecule has 0 spiro atoms. The van der Waals surface area contributed by atoms with E-state index in [0.29, 0.717) is 6.54 Å². The molecule has 0 bridgehead atoms. The van der Waals surface area contributed by atoms with E-state index in [2.05, 4.69) is 58.1 Å². The molecular formula is C12H12IN. The van der Waals surface area contributed by atoms with Crippen molar-refractivity contribution in [3.63, 3.8) is 0 Å². The topological polar surface area (TPSA) is 12.0 Å². The van der Waals surface area contributed by atoms with Crippen LogP contribution in [0.2, 0.25) is 0 Å². The van der Waals surface area contributed by atoms with E-state index in [1.807, 2.05) is 0 Å². The fourth-order valence-electron chi connectivity index (χ4n) is 1.94. The standard InChI is InChI=1S/C12H12IN/c1-2-9-14-12(13)8-7-10-5-3-4-6-11(10)12/h1,3-6,14H,7-9H2/t12-/m1/s1. The van der Waals surface area contributed by atoms with Crippen LogP contribution in [0.1, 0.15) is 17.5 Å². The lowest BCUT2D eigenvalue weighted by atomic mass is 10.1. The fraction of sp³-hybridized carbons (Fsp3) is 0.333. The number of rotatable bonds is 2. The SMILES string of the molecule is C#CCN[C@]1(I)CCc2ccccc21. The predicted molar refractivity (Wildman–Crippen MR) is 67.3 cm³/mol. The minimum atomic E-state index is 0.0563. The summed E-state index contributed by atoms with van der Waals surface area (Å²) >= 11 is 2.47. The van der Waals surface area contributed by atoms with Gasteiger partial charge >= 0.3 is 0 Å². The van der Waals surface area contributed by atoms with E-state index < -0.39 is 0 Å². The summed E-state index contributed by atoms with van der Waals surface area (Å²) in [7, 11) is 0. The van der Waals surface area contributed by atoms with Gasteiger partial charge in [-0.25, -0.2) is 0 Å². The third kappa shape index (κ3) is 1.67. The minimum absolute atomic E-state index is 0.0563. The van der Waals surface area contributed by atoms with Crippen LogP contribution in [0.4, 0.5) is 0 Å². The molecule has 0 aromatic heterocycles. The highest BCUT2D eigenvalue weighted by atomic mass is 127. The summed E-state index contributed by atoms with van der Waals surface area (Å²) in [6.45, 7) is 0.636. The summed E-state index contributed by atoms with van der Waals surface area (Å²) in [6, 6.07) is 8.59. The van der Waals surface area contributed by atoms with Crippen LogP contribution < -0.4 is 5.32 Å². The average molecular weight is 297 g/mol. The van der Waals surface area contributed by atoms with Crippen LogP contribution in [-0.2, 0) is 9.97 Å². The number of alkyl halides is 1. The van der Waals surface area contributed by atoms with Gasteiger partial charge in [0, 0.05) is 0 Å². The Kier molecular flexibility index (Phi) is 2.80. The summed E-state index contributed by atoms with van der Waals surface area (Å²) in [6.07, 6.45) is 7.55. The maximum atomic E-state index is 5.27. The molecule has 1 aliphatic carbocycles. The Bertz CT molecular complexity index is 380. The molecule has 0 unspecified atom stereocenters. The molecule has 0 saturated heterocycles. The number of nitrogens with one attached hydrogen (secondary N) is 1. The fourth-order valence-corrected chi connectivity index (χ4v) is 2.93. The third-order valence-corrected chi connectivity index (χ3v) is 4.16. The van der Waals surface area contributed by atoms with Crippen LogP contribution in [-0.4, -0.2) is 6.54 Å². The van der Waals surface area contributed by atoms with Crippen molar-refractivity contribution in [2.45, 2.75) is 16.4 Å². The molecule has 1 N–H and O–H groups in total. The van der Waals surface area contributed by atoms with E-state index >= 15 is 0 Å². The van der Waals surface area contributed by atoms with Gasteiger partial charge in [0.15, 0.2) is 0 Å². The van der Waals surface area contributed by atoms with Crippen molar-refractivity contribution >= 4 is 22.6 Å². The van der Waals surface area contributed by atoms with Gasteiger partial charge in [0.2, 0.25) is 0 Å². The zero-order valence-corrected chi connectivity index (χ0v) is 10.0. The molecule has 0 amide bonds. The highest BCUT2D eigenvalue weighted by Crippen LogP contribution is 2.41. The van der Waals surface area contributed by atoms with E-state index in [9.17, 15) is 0 Å². The van der Waals surface area contributed by atoms with Gasteiger partial charge in [0.05, 0.1) is 10.1 Å². The van der Waals surface area contributed by atoms with Crippen LogP contribution in [0.15, 0.2) is 24.3 Å². The number of hydrogen-bond donors (Lipinski definition) is 1. The molecule has 0 heterocycles. The summed E-state index contributed by atoms with van der Waals surface area (Å²) in [5, 5.41) is 3.41. The number of aryl methyl sites for hydroxylation is 1. The summed E-state index contributed by atoms with van der Waals surface area (Å²) in [4.78, 5) is 0. The molecule has 0 aliphatic heterocycles. The highest BCUT2D eigenvalue weighted by molar-refractivity contribution is 14.1. The minimum Gasteiger partial charge on any atom is -0.288 e. The Hall–Kier alpha value is -0.530. The van der Waals surface area contributed by atoms with Crippen LogP contribution in [0.5, 0.6) is 0 Å². The Morgan fingerprint density at radius 2 is 2.29 bits per heavy atom. The van der Waals surface area contributed by atoms with E-state index in [4.69, 9.17) is 6.42 Å². The Labute approximate surface area is 98.4 Å².